The molecule has 0 heterocycles. The third-order valence-corrected chi connectivity index (χ3v) is 5.89. The summed E-state index contributed by atoms with van der Waals surface area (Å²) in [7, 11) is 0. The van der Waals surface area contributed by atoms with Crippen molar-refractivity contribution in [3.63, 3.8) is 0 Å². The molecular formula is C28H51O. The highest BCUT2D eigenvalue weighted by atomic mass is 16.1. The van der Waals surface area contributed by atoms with Gasteiger partial charge in [-0.05, 0) is 18.9 Å². The second kappa shape index (κ2) is 27.1. The van der Waals surface area contributed by atoms with Crippen LogP contribution in [0.15, 0.2) is 24.3 Å². The van der Waals surface area contributed by atoms with Crippen molar-refractivity contribution in [3.8, 4) is 0 Å². The van der Waals surface area contributed by atoms with E-state index in [2.05, 4.69) is 13.0 Å². The molecule has 0 atom stereocenters. The molecule has 0 saturated carbocycles. The SMILES string of the molecule is CCCCCCCCCCCCCCCCCCCCCCC/C=C/C=C/[C]=O. The van der Waals surface area contributed by atoms with Gasteiger partial charge in [-0.1, -0.05) is 154 Å². The lowest BCUT2D eigenvalue weighted by Crippen LogP contribution is -1.84. The summed E-state index contributed by atoms with van der Waals surface area (Å²) in [6.45, 7) is 2.29. The van der Waals surface area contributed by atoms with E-state index in [1.807, 2.05) is 6.08 Å². The van der Waals surface area contributed by atoms with Gasteiger partial charge < -0.3 is 0 Å². The number of unbranched alkanes of at least 4 members (excludes halogenated alkanes) is 21. The van der Waals surface area contributed by atoms with Crippen LogP contribution in [0.4, 0.5) is 0 Å². The normalized spacial score (nSPS) is 11.8. The van der Waals surface area contributed by atoms with Crippen molar-refractivity contribution < 1.29 is 4.79 Å². The summed E-state index contributed by atoms with van der Waals surface area (Å²) in [4.78, 5) is 9.99. The second-order valence-electron chi connectivity index (χ2n) is 8.76. The van der Waals surface area contributed by atoms with E-state index in [9.17, 15) is 4.79 Å². The molecule has 0 aliphatic carbocycles. The van der Waals surface area contributed by atoms with Gasteiger partial charge in [-0.3, -0.25) is 4.79 Å². The average molecular weight is 404 g/mol. The third kappa shape index (κ3) is 27.1. The molecule has 0 rings (SSSR count). The topological polar surface area (TPSA) is 17.1 Å². The van der Waals surface area contributed by atoms with Gasteiger partial charge in [0.1, 0.15) is 0 Å². The molecule has 0 aromatic heterocycles. The van der Waals surface area contributed by atoms with E-state index in [0.717, 1.165) is 6.42 Å². The van der Waals surface area contributed by atoms with E-state index in [4.69, 9.17) is 0 Å². The van der Waals surface area contributed by atoms with Crippen molar-refractivity contribution in [2.45, 2.75) is 148 Å². The van der Waals surface area contributed by atoms with Gasteiger partial charge in [-0.15, -0.1) is 0 Å². The predicted molar refractivity (Wildman–Crippen MR) is 131 cm³/mol. The van der Waals surface area contributed by atoms with Crippen LogP contribution < -0.4 is 0 Å². The third-order valence-electron chi connectivity index (χ3n) is 5.89. The minimum atomic E-state index is 1.13. The van der Waals surface area contributed by atoms with E-state index >= 15 is 0 Å². The van der Waals surface area contributed by atoms with E-state index < -0.39 is 0 Å². The van der Waals surface area contributed by atoms with Gasteiger partial charge in [-0.25, -0.2) is 0 Å². The molecule has 0 bridgehead atoms. The van der Waals surface area contributed by atoms with Crippen molar-refractivity contribution in [2.75, 3.05) is 0 Å². The monoisotopic (exact) mass is 403 g/mol. The molecule has 1 nitrogen and oxygen atoms in total. The lowest BCUT2D eigenvalue weighted by molar-refractivity contribution is 0.520. The van der Waals surface area contributed by atoms with Crippen LogP contribution in [0.5, 0.6) is 0 Å². The lowest BCUT2D eigenvalue weighted by Gasteiger charge is -2.04. The van der Waals surface area contributed by atoms with Gasteiger partial charge >= 0.3 is 0 Å². The Morgan fingerprint density at radius 3 is 1.17 bits per heavy atom. The highest BCUT2D eigenvalue weighted by Crippen LogP contribution is 2.15. The molecule has 1 radical (unpaired) electrons. The van der Waals surface area contributed by atoms with Gasteiger partial charge in [-0.2, -0.15) is 0 Å². The summed E-state index contributed by atoms with van der Waals surface area (Å²) < 4.78 is 0. The van der Waals surface area contributed by atoms with Crippen LogP contribution in [-0.2, 0) is 4.79 Å². The van der Waals surface area contributed by atoms with Crippen LogP contribution in [0.25, 0.3) is 0 Å². The van der Waals surface area contributed by atoms with Gasteiger partial charge in [0.2, 0.25) is 6.29 Å². The summed E-state index contributed by atoms with van der Waals surface area (Å²) >= 11 is 0. The Hall–Kier alpha value is -0.850. The minimum absolute atomic E-state index is 1.13. The van der Waals surface area contributed by atoms with Crippen molar-refractivity contribution in [1.29, 1.82) is 0 Å². The Labute approximate surface area is 183 Å². The lowest BCUT2D eigenvalue weighted by atomic mass is 10.0. The number of rotatable bonds is 24. The average Bonchev–Trinajstić information content (AvgIpc) is 2.74. The zero-order chi connectivity index (χ0) is 21.1. The first-order valence-corrected chi connectivity index (χ1v) is 13.1. The highest BCUT2D eigenvalue weighted by molar-refractivity contribution is 5.66. The molecule has 169 valence electrons. The van der Waals surface area contributed by atoms with Crippen LogP contribution in [0, 0.1) is 0 Å². The standard InChI is InChI=1S/C28H51O/c1-2-3-4-5-6-7-8-9-10-11-12-13-14-15-16-17-18-19-20-21-22-23-24-25-26-27-28-29/h24-27H,2-23H2,1H3/b25-24+,27-26+. The summed E-state index contributed by atoms with van der Waals surface area (Å²) in [5.41, 5.74) is 0. The van der Waals surface area contributed by atoms with Crippen molar-refractivity contribution in [3.05, 3.63) is 24.3 Å². The largest absolute Gasteiger partial charge is 0.286 e. The molecule has 1 heteroatoms. The fraction of sp³-hybridized carbons (Fsp3) is 0.821. The molecule has 0 fully saturated rings. The van der Waals surface area contributed by atoms with Gasteiger partial charge in [0.05, 0.1) is 0 Å². The molecule has 0 unspecified atom stereocenters. The summed E-state index contributed by atoms with van der Waals surface area (Å²) in [6.07, 6.45) is 40.2. The molecule has 0 aromatic carbocycles. The smallest absolute Gasteiger partial charge is 0.225 e. The Morgan fingerprint density at radius 2 is 0.828 bits per heavy atom. The first-order valence-electron chi connectivity index (χ1n) is 13.1. The van der Waals surface area contributed by atoms with Crippen molar-refractivity contribution in [1.82, 2.24) is 0 Å². The fourth-order valence-electron chi connectivity index (χ4n) is 3.96. The summed E-state index contributed by atoms with van der Waals surface area (Å²) in [5.74, 6) is 0. The maximum Gasteiger partial charge on any atom is 0.225 e. The zero-order valence-corrected chi connectivity index (χ0v) is 19.8. The second-order valence-corrected chi connectivity index (χ2v) is 8.76. The molecule has 0 aliphatic heterocycles. The van der Waals surface area contributed by atoms with Gasteiger partial charge in [0.15, 0.2) is 0 Å². The van der Waals surface area contributed by atoms with Gasteiger partial charge in [0, 0.05) is 0 Å². The van der Waals surface area contributed by atoms with Gasteiger partial charge in [0.25, 0.3) is 0 Å². The first kappa shape index (κ1) is 28.1. The molecule has 0 spiro atoms. The van der Waals surface area contributed by atoms with Crippen LogP contribution in [0.2, 0.25) is 0 Å². The molecular weight excluding hydrogens is 352 g/mol. The number of allylic oxidation sites excluding steroid dienone is 4. The molecule has 0 aliphatic rings. The molecule has 0 amide bonds. The predicted octanol–water partition coefficient (Wildman–Crippen LogP) is 9.81. The van der Waals surface area contributed by atoms with E-state index in [1.165, 1.54) is 141 Å². The van der Waals surface area contributed by atoms with Crippen LogP contribution in [0.3, 0.4) is 0 Å². The summed E-state index contributed by atoms with van der Waals surface area (Å²) in [5, 5.41) is 0. The van der Waals surface area contributed by atoms with E-state index in [1.54, 1.807) is 12.4 Å². The molecule has 0 aromatic rings. The van der Waals surface area contributed by atoms with Crippen LogP contribution in [-0.4, -0.2) is 6.29 Å². The fourth-order valence-corrected chi connectivity index (χ4v) is 3.96. The number of hydrogen-bond donors (Lipinski definition) is 0. The van der Waals surface area contributed by atoms with Crippen LogP contribution >= 0.6 is 0 Å². The summed E-state index contributed by atoms with van der Waals surface area (Å²) in [6, 6.07) is 0. The Kier molecular flexibility index (Phi) is 26.4. The molecule has 0 N–H and O–H groups in total. The minimum Gasteiger partial charge on any atom is -0.286 e. The maximum absolute atomic E-state index is 9.99. The highest BCUT2D eigenvalue weighted by Gasteiger charge is 1.95. The molecule has 0 saturated heterocycles. The number of carbonyl (C=O) groups excluding carboxylic acids is 1. The molecule has 29 heavy (non-hydrogen) atoms. The Balaban J connectivity index is 3.04. The zero-order valence-electron chi connectivity index (χ0n) is 19.8. The number of hydrogen-bond acceptors (Lipinski definition) is 1. The van der Waals surface area contributed by atoms with E-state index in [-0.39, 0.29) is 0 Å². The van der Waals surface area contributed by atoms with Crippen LogP contribution in [0.1, 0.15) is 148 Å². The first-order chi connectivity index (χ1) is 14.4. The Bertz CT molecular complexity index is 355. The van der Waals surface area contributed by atoms with Crippen molar-refractivity contribution >= 4 is 6.29 Å². The Morgan fingerprint density at radius 1 is 0.483 bits per heavy atom. The van der Waals surface area contributed by atoms with Crippen molar-refractivity contribution in [2.24, 2.45) is 0 Å². The maximum atomic E-state index is 9.99. The van der Waals surface area contributed by atoms with E-state index in [0.29, 0.717) is 0 Å². The quantitative estimate of drug-likeness (QED) is 0.0890.